The van der Waals surface area contributed by atoms with Gasteiger partial charge in [-0.25, -0.2) is 0 Å². The highest BCUT2D eigenvalue weighted by Gasteiger charge is 2.21. The summed E-state index contributed by atoms with van der Waals surface area (Å²) in [5.74, 6) is 1.99. The molecule has 8 nitrogen and oxygen atoms in total. The van der Waals surface area contributed by atoms with Gasteiger partial charge in [-0.1, -0.05) is 0 Å². The number of nitrogens with zero attached hydrogens (tertiary/aromatic N) is 5. The Hall–Kier alpha value is -1.90. The molecule has 2 saturated heterocycles. The number of hydrogen-bond donors (Lipinski definition) is 3. The molecule has 0 saturated carbocycles. The summed E-state index contributed by atoms with van der Waals surface area (Å²) in [5, 5.41) is 3.33. The quantitative estimate of drug-likeness (QED) is 0.542. The number of nitrogens with one attached hydrogen (secondary N) is 3. The Morgan fingerprint density at radius 1 is 0.909 bits per heavy atom. The molecule has 0 bridgehead atoms. The van der Waals surface area contributed by atoms with Crippen LogP contribution in [0.3, 0.4) is 0 Å². The summed E-state index contributed by atoms with van der Waals surface area (Å²) in [6.07, 6.45) is 4.76. The first kappa shape index (κ1) is 15.0. The van der Waals surface area contributed by atoms with Crippen LogP contribution in [0.1, 0.15) is 25.7 Å². The van der Waals surface area contributed by atoms with E-state index in [1.807, 2.05) is 0 Å². The number of anilines is 3. The van der Waals surface area contributed by atoms with Gasteiger partial charge in [-0.15, -0.1) is 0 Å². The van der Waals surface area contributed by atoms with Crippen molar-refractivity contribution in [2.45, 2.75) is 25.7 Å². The van der Waals surface area contributed by atoms with Crippen LogP contribution < -0.4 is 26.0 Å². The van der Waals surface area contributed by atoms with Gasteiger partial charge in [0.1, 0.15) is 0 Å². The second-order valence-electron chi connectivity index (χ2n) is 5.48. The van der Waals surface area contributed by atoms with Crippen LogP contribution in [0.4, 0.5) is 17.8 Å². The molecule has 2 aliphatic rings. The summed E-state index contributed by atoms with van der Waals surface area (Å²) in [6.45, 7) is 4.02. The number of hydrogen-bond acceptors (Lipinski definition) is 7. The molecule has 0 aliphatic carbocycles. The maximum absolute atomic E-state index is 5.06. The number of rotatable bonds is 4. The van der Waals surface area contributed by atoms with Crippen LogP contribution in [0, 0.1) is 0 Å². The normalized spacial score (nSPS) is 17.7. The Labute approximate surface area is 135 Å². The molecule has 1 aromatic rings. The molecule has 3 N–H and O–H groups in total. The van der Waals surface area contributed by atoms with Gasteiger partial charge in [-0.2, -0.15) is 15.0 Å². The van der Waals surface area contributed by atoms with Gasteiger partial charge in [0.05, 0.1) is 0 Å². The third kappa shape index (κ3) is 3.46. The van der Waals surface area contributed by atoms with Crippen LogP contribution in [0.25, 0.3) is 0 Å². The number of thiocarbonyl (C=S) groups is 1. The van der Waals surface area contributed by atoms with Gasteiger partial charge in [0.15, 0.2) is 5.11 Å². The largest absolute Gasteiger partial charge is 0.364 e. The van der Waals surface area contributed by atoms with Gasteiger partial charge in [-0.3, -0.25) is 10.9 Å². The summed E-state index contributed by atoms with van der Waals surface area (Å²) in [5.41, 5.74) is 5.82. The van der Waals surface area contributed by atoms with Crippen LogP contribution >= 0.6 is 12.2 Å². The molecule has 0 aromatic carbocycles. The van der Waals surface area contributed by atoms with Crippen LogP contribution in [0.15, 0.2) is 0 Å². The molecular formula is C13H22N8S. The van der Waals surface area contributed by atoms with Gasteiger partial charge in [0.25, 0.3) is 0 Å². The molecule has 2 aliphatic heterocycles. The molecule has 1 aromatic heterocycles. The molecule has 22 heavy (non-hydrogen) atoms. The Morgan fingerprint density at radius 3 is 1.86 bits per heavy atom. The molecule has 0 amide bonds. The minimum Gasteiger partial charge on any atom is -0.364 e. The smallest absolute Gasteiger partial charge is 0.248 e. The second kappa shape index (κ2) is 6.91. The van der Waals surface area contributed by atoms with Gasteiger partial charge in [0.2, 0.25) is 17.8 Å². The third-order valence-corrected chi connectivity index (χ3v) is 4.21. The van der Waals surface area contributed by atoms with E-state index in [0.29, 0.717) is 11.1 Å². The molecule has 0 unspecified atom stereocenters. The lowest BCUT2D eigenvalue weighted by atomic mass is 10.4. The molecule has 3 heterocycles. The van der Waals surface area contributed by atoms with E-state index in [0.717, 1.165) is 38.1 Å². The molecule has 3 rings (SSSR count). The van der Waals surface area contributed by atoms with Crippen LogP contribution in [-0.4, -0.2) is 53.3 Å². The monoisotopic (exact) mass is 322 g/mol. The van der Waals surface area contributed by atoms with E-state index in [9.17, 15) is 0 Å². The molecular weight excluding hydrogens is 300 g/mol. The number of aromatic nitrogens is 3. The average Bonchev–Trinajstić information content (AvgIpc) is 3.25. The predicted molar refractivity (Wildman–Crippen MR) is 91.1 cm³/mol. The summed E-state index contributed by atoms with van der Waals surface area (Å²) < 4.78 is 0. The highest BCUT2D eigenvalue weighted by molar-refractivity contribution is 7.80. The Morgan fingerprint density at radius 2 is 1.41 bits per heavy atom. The number of hydrazine groups is 1. The average molecular weight is 322 g/mol. The molecule has 2 fully saturated rings. The SMILES string of the molecule is CNC(=S)NNc1nc(N2CCCC2)nc(N2CCCC2)n1. The maximum atomic E-state index is 5.06. The standard InChI is InChI=1S/C13H22N8S/c1-14-13(22)19-18-10-15-11(20-6-2-3-7-20)17-12(16-10)21-8-4-5-9-21/h2-9H2,1H3,(H2,14,19,22)(H,15,16,17,18). The van der Waals surface area contributed by atoms with E-state index >= 15 is 0 Å². The minimum absolute atomic E-state index is 0.492. The predicted octanol–water partition coefficient (Wildman–Crippen LogP) is 0.493. The zero-order chi connectivity index (χ0) is 15.4. The molecule has 120 valence electrons. The van der Waals surface area contributed by atoms with Gasteiger partial charge in [-0.05, 0) is 37.9 Å². The lowest BCUT2D eigenvalue weighted by Crippen LogP contribution is -2.37. The van der Waals surface area contributed by atoms with Crippen molar-refractivity contribution in [2.24, 2.45) is 0 Å². The second-order valence-corrected chi connectivity index (χ2v) is 5.88. The first-order valence-electron chi connectivity index (χ1n) is 7.76. The summed E-state index contributed by atoms with van der Waals surface area (Å²) in [7, 11) is 1.76. The first-order valence-corrected chi connectivity index (χ1v) is 8.17. The van der Waals surface area contributed by atoms with E-state index < -0.39 is 0 Å². The Bertz CT molecular complexity index is 491. The summed E-state index contributed by atoms with van der Waals surface area (Å²) >= 11 is 5.06. The van der Waals surface area contributed by atoms with Crippen molar-refractivity contribution in [1.82, 2.24) is 25.7 Å². The Balaban J connectivity index is 1.81. The zero-order valence-corrected chi connectivity index (χ0v) is 13.6. The van der Waals surface area contributed by atoms with Crippen molar-refractivity contribution in [2.75, 3.05) is 48.5 Å². The zero-order valence-electron chi connectivity index (χ0n) is 12.8. The van der Waals surface area contributed by atoms with Gasteiger partial charge in [0, 0.05) is 33.2 Å². The van der Waals surface area contributed by atoms with Crippen LogP contribution in [0.2, 0.25) is 0 Å². The fourth-order valence-corrected chi connectivity index (χ4v) is 2.75. The topological polar surface area (TPSA) is 81.2 Å². The van der Waals surface area contributed by atoms with Crippen molar-refractivity contribution in [1.29, 1.82) is 0 Å². The van der Waals surface area contributed by atoms with Gasteiger partial charge < -0.3 is 15.1 Å². The lowest BCUT2D eigenvalue weighted by molar-refractivity contribution is 0.833. The van der Waals surface area contributed by atoms with Crippen LogP contribution in [0.5, 0.6) is 0 Å². The fourth-order valence-electron chi connectivity index (χ4n) is 2.70. The highest BCUT2D eigenvalue weighted by Crippen LogP contribution is 2.22. The molecule has 0 spiro atoms. The maximum Gasteiger partial charge on any atom is 0.248 e. The van der Waals surface area contributed by atoms with E-state index in [4.69, 9.17) is 12.2 Å². The lowest BCUT2D eigenvalue weighted by Gasteiger charge is -2.21. The Kier molecular flexibility index (Phi) is 4.71. The van der Waals surface area contributed by atoms with Crippen LogP contribution in [-0.2, 0) is 0 Å². The van der Waals surface area contributed by atoms with E-state index in [-0.39, 0.29) is 0 Å². The van der Waals surface area contributed by atoms with Crippen molar-refractivity contribution in [3.63, 3.8) is 0 Å². The first-order chi connectivity index (χ1) is 10.8. The summed E-state index contributed by atoms with van der Waals surface area (Å²) in [6, 6.07) is 0. The molecule has 0 radical (unpaired) electrons. The summed E-state index contributed by atoms with van der Waals surface area (Å²) in [4.78, 5) is 18.1. The highest BCUT2D eigenvalue weighted by atomic mass is 32.1. The van der Waals surface area contributed by atoms with Crippen molar-refractivity contribution >= 4 is 35.2 Å². The van der Waals surface area contributed by atoms with E-state index in [1.165, 1.54) is 25.7 Å². The van der Waals surface area contributed by atoms with E-state index in [2.05, 4.69) is 40.9 Å². The molecule has 0 atom stereocenters. The van der Waals surface area contributed by atoms with E-state index in [1.54, 1.807) is 7.05 Å². The minimum atomic E-state index is 0.492. The molecule has 9 heteroatoms. The van der Waals surface area contributed by atoms with Gasteiger partial charge >= 0.3 is 0 Å². The fraction of sp³-hybridized carbons (Fsp3) is 0.692. The van der Waals surface area contributed by atoms with Crippen molar-refractivity contribution in [3.05, 3.63) is 0 Å². The van der Waals surface area contributed by atoms with Crippen molar-refractivity contribution in [3.8, 4) is 0 Å². The van der Waals surface area contributed by atoms with Crippen molar-refractivity contribution < 1.29 is 0 Å². The third-order valence-electron chi connectivity index (χ3n) is 3.90.